The molecule has 0 atom stereocenters. The second-order valence-corrected chi connectivity index (χ2v) is 4.62. The Hall–Kier alpha value is -1.55. The van der Waals surface area contributed by atoms with Crippen molar-refractivity contribution in [2.75, 3.05) is 18.0 Å². The van der Waals surface area contributed by atoms with Crippen LogP contribution < -0.4 is 10.6 Å². The molecule has 3 rings (SSSR count). The minimum Gasteiger partial charge on any atom is -0.370 e. The molecule has 2 aromatic heterocycles. The van der Waals surface area contributed by atoms with Crippen molar-refractivity contribution in [3.63, 3.8) is 0 Å². The number of hydrogen-bond donors (Lipinski definition) is 2. The Labute approximate surface area is 101 Å². The molecule has 17 heavy (non-hydrogen) atoms. The highest BCUT2D eigenvalue weighted by Gasteiger charge is 2.15. The van der Waals surface area contributed by atoms with Crippen LogP contribution in [0.2, 0.25) is 0 Å². The Morgan fingerprint density at radius 2 is 2.12 bits per heavy atom. The molecule has 0 spiro atoms. The highest BCUT2D eigenvalue weighted by Crippen LogP contribution is 2.28. The number of nitrogens with zero attached hydrogens (tertiary/aromatic N) is 2. The van der Waals surface area contributed by atoms with Crippen LogP contribution in [0.1, 0.15) is 24.8 Å². The van der Waals surface area contributed by atoms with Crippen molar-refractivity contribution in [1.82, 2.24) is 9.97 Å². The Morgan fingerprint density at radius 3 is 2.88 bits per heavy atom. The van der Waals surface area contributed by atoms with Crippen LogP contribution >= 0.6 is 0 Å². The number of rotatable bonds is 2. The zero-order valence-corrected chi connectivity index (χ0v) is 9.95. The normalized spacial score (nSPS) is 16.6. The van der Waals surface area contributed by atoms with Crippen molar-refractivity contribution in [1.29, 1.82) is 0 Å². The van der Waals surface area contributed by atoms with Gasteiger partial charge in [0.05, 0.1) is 16.7 Å². The smallest absolute Gasteiger partial charge is 0.0945 e. The molecule has 0 bridgehead atoms. The fourth-order valence-corrected chi connectivity index (χ4v) is 2.62. The molecule has 0 aliphatic carbocycles. The first-order chi connectivity index (χ1) is 8.40. The van der Waals surface area contributed by atoms with E-state index in [2.05, 4.69) is 20.9 Å². The van der Waals surface area contributed by atoms with E-state index in [-0.39, 0.29) is 0 Å². The number of pyridine rings is 1. The van der Waals surface area contributed by atoms with E-state index in [0.717, 1.165) is 29.7 Å². The van der Waals surface area contributed by atoms with Gasteiger partial charge < -0.3 is 15.6 Å². The lowest BCUT2D eigenvalue weighted by Gasteiger charge is -2.29. The minimum absolute atomic E-state index is 0.538. The molecule has 4 heteroatoms. The first-order valence-corrected chi connectivity index (χ1v) is 6.30. The van der Waals surface area contributed by atoms with Crippen LogP contribution in [0.4, 0.5) is 5.69 Å². The molecule has 2 aromatic rings. The topological polar surface area (TPSA) is 57.9 Å². The van der Waals surface area contributed by atoms with Gasteiger partial charge in [0, 0.05) is 37.6 Å². The molecule has 0 amide bonds. The van der Waals surface area contributed by atoms with E-state index in [1.807, 2.05) is 12.4 Å². The summed E-state index contributed by atoms with van der Waals surface area (Å²) in [7, 11) is 0. The summed E-state index contributed by atoms with van der Waals surface area (Å²) in [6.07, 6.45) is 7.79. The maximum Gasteiger partial charge on any atom is 0.0945 e. The van der Waals surface area contributed by atoms with Gasteiger partial charge >= 0.3 is 0 Å². The molecule has 4 nitrogen and oxygen atoms in total. The van der Waals surface area contributed by atoms with Gasteiger partial charge in [0.15, 0.2) is 0 Å². The first-order valence-electron chi connectivity index (χ1n) is 6.30. The van der Waals surface area contributed by atoms with Gasteiger partial charge in [-0.15, -0.1) is 0 Å². The summed E-state index contributed by atoms with van der Waals surface area (Å²) in [6, 6.07) is 2.10. The number of aromatic nitrogens is 2. The van der Waals surface area contributed by atoms with Gasteiger partial charge in [0.1, 0.15) is 0 Å². The predicted octanol–water partition coefficient (Wildman–Crippen LogP) is 2.01. The van der Waals surface area contributed by atoms with Gasteiger partial charge in [-0.2, -0.15) is 0 Å². The van der Waals surface area contributed by atoms with E-state index >= 15 is 0 Å². The van der Waals surface area contributed by atoms with E-state index in [1.165, 1.54) is 24.9 Å². The van der Waals surface area contributed by atoms with Crippen LogP contribution in [0.25, 0.3) is 11.0 Å². The number of piperidine rings is 1. The first kappa shape index (κ1) is 10.6. The third-order valence-corrected chi connectivity index (χ3v) is 3.54. The number of fused-ring (bicyclic) bond motifs is 1. The van der Waals surface area contributed by atoms with Crippen LogP contribution in [0, 0.1) is 0 Å². The third kappa shape index (κ3) is 1.78. The summed E-state index contributed by atoms with van der Waals surface area (Å²) in [5.41, 5.74) is 10.2. The lowest BCUT2D eigenvalue weighted by molar-refractivity contribution is 0.578. The van der Waals surface area contributed by atoms with Crippen molar-refractivity contribution < 1.29 is 0 Å². The summed E-state index contributed by atoms with van der Waals surface area (Å²) in [4.78, 5) is 10.2. The monoisotopic (exact) mass is 230 g/mol. The zero-order valence-electron chi connectivity index (χ0n) is 9.95. The van der Waals surface area contributed by atoms with Crippen molar-refractivity contribution in [3.8, 4) is 0 Å². The Kier molecular flexibility index (Phi) is 2.73. The average Bonchev–Trinajstić information content (AvgIpc) is 2.82. The number of hydrogen-bond acceptors (Lipinski definition) is 3. The number of aromatic amines is 1. The molecule has 0 radical (unpaired) electrons. The number of H-pyrrole nitrogens is 1. The Bertz CT molecular complexity index is 511. The molecular weight excluding hydrogens is 212 g/mol. The molecule has 1 aliphatic heterocycles. The van der Waals surface area contributed by atoms with Crippen molar-refractivity contribution in [2.45, 2.75) is 25.8 Å². The van der Waals surface area contributed by atoms with Gasteiger partial charge in [0.25, 0.3) is 0 Å². The molecule has 1 aliphatic rings. The lowest BCUT2D eigenvalue weighted by Crippen LogP contribution is -2.29. The maximum atomic E-state index is 5.72. The minimum atomic E-state index is 0.538. The molecule has 0 unspecified atom stereocenters. The molecule has 3 N–H and O–H groups in total. The largest absolute Gasteiger partial charge is 0.370 e. The molecule has 0 aromatic carbocycles. The van der Waals surface area contributed by atoms with Gasteiger partial charge in [-0.3, -0.25) is 4.98 Å². The summed E-state index contributed by atoms with van der Waals surface area (Å²) >= 11 is 0. The Morgan fingerprint density at radius 1 is 1.29 bits per heavy atom. The Balaban J connectivity index is 2.06. The molecule has 3 heterocycles. The molecule has 1 fully saturated rings. The van der Waals surface area contributed by atoms with Crippen LogP contribution in [0.5, 0.6) is 0 Å². The van der Waals surface area contributed by atoms with E-state index in [9.17, 15) is 0 Å². The summed E-state index contributed by atoms with van der Waals surface area (Å²) in [6.45, 7) is 2.84. The van der Waals surface area contributed by atoms with Crippen LogP contribution in [-0.2, 0) is 6.54 Å². The fourth-order valence-electron chi connectivity index (χ4n) is 2.62. The molecule has 1 saturated heterocycles. The van der Waals surface area contributed by atoms with E-state index in [1.54, 1.807) is 0 Å². The second-order valence-electron chi connectivity index (χ2n) is 4.62. The van der Waals surface area contributed by atoms with Gasteiger partial charge in [-0.1, -0.05) is 0 Å². The summed E-state index contributed by atoms with van der Waals surface area (Å²) in [5.74, 6) is 0. The van der Waals surface area contributed by atoms with E-state index < -0.39 is 0 Å². The van der Waals surface area contributed by atoms with E-state index in [0.29, 0.717) is 6.54 Å². The fraction of sp³-hybridized carbons (Fsp3) is 0.462. The van der Waals surface area contributed by atoms with Gasteiger partial charge in [0.2, 0.25) is 0 Å². The number of nitrogens with one attached hydrogen (secondary N) is 1. The zero-order chi connectivity index (χ0) is 11.7. The quantitative estimate of drug-likeness (QED) is 0.829. The number of nitrogens with two attached hydrogens (primary N) is 1. The van der Waals surface area contributed by atoms with Gasteiger partial charge in [-0.05, 0) is 25.3 Å². The van der Waals surface area contributed by atoms with Gasteiger partial charge in [-0.25, -0.2) is 0 Å². The van der Waals surface area contributed by atoms with Crippen molar-refractivity contribution >= 4 is 16.7 Å². The number of anilines is 1. The third-order valence-electron chi connectivity index (χ3n) is 3.54. The van der Waals surface area contributed by atoms with Crippen LogP contribution in [0.15, 0.2) is 18.5 Å². The van der Waals surface area contributed by atoms with Crippen LogP contribution in [0.3, 0.4) is 0 Å². The van der Waals surface area contributed by atoms with Crippen molar-refractivity contribution in [3.05, 3.63) is 24.0 Å². The highest BCUT2D eigenvalue weighted by molar-refractivity contribution is 5.90. The lowest BCUT2D eigenvalue weighted by atomic mass is 10.1. The highest BCUT2D eigenvalue weighted by atomic mass is 15.1. The van der Waals surface area contributed by atoms with Crippen LogP contribution in [-0.4, -0.2) is 23.1 Å². The standard InChI is InChI=1S/C13H18N4/c14-8-10-9-16-13-11(4-5-15-12(10)13)17-6-2-1-3-7-17/h4-5,9,16H,1-3,6-8,14H2. The summed E-state index contributed by atoms with van der Waals surface area (Å²) in [5, 5.41) is 0. The SMILES string of the molecule is NCc1c[nH]c2c(N3CCCCC3)ccnc12. The summed E-state index contributed by atoms with van der Waals surface area (Å²) < 4.78 is 0. The van der Waals surface area contributed by atoms with E-state index in [4.69, 9.17) is 5.73 Å². The molecule has 0 saturated carbocycles. The predicted molar refractivity (Wildman–Crippen MR) is 70.0 cm³/mol. The van der Waals surface area contributed by atoms with Crippen molar-refractivity contribution in [2.24, 2.45) is 5.73 Å². The average molecular weight is 230 g/mol. The second kappa shape index (κ2) is 4.37. The molecular formula is C13H18N4. The maximum absolute atomic E-state index is 5.72. The molecule has 90 valence electrons.